The number of para-hydroxylation sites is 1. The molecule has 86 valence electrons. The van der Waals surface area contributed by atoms with Crippen molar-refractivity contribution in [2.24, 2.45) is 5.92 Å². The van der Waals surface area contributed by atoms with Gasteiger partial charge in [0.15, 0.2) is 0 Å². The van der Waals surface area contributed by atoms with Crippen molar-refractivity contribution in [3.8, 4) is 0 Å². The van der Waals surface area contributed by atoms with Gasteiger partial charge in [0.25, 0.3) is 0 Å². The summed E-state index contributed by atoms with van der Waals surface area (Å²) in [4.78, 5) is 5.26. The molecule has 0 fully saturated rings. The number of hydrogen-bond acceptors (Lipinski definition) is 2. The molecule has 1 nitrogen and oxygen atoms in total. The van der Waals surface area contributed by atoms with E-state index in [-0.39, 0.29) is 0 Å². The van der Waals surface area contributed by atoms with Crippen molar-refractivity contribution in [1.29, 1.82) is 0 Å². The van der Waals surface area contributed by atoms with Gasteiger partial charge in [0.1, 0.15) is 0 Å². The molecule has 2 aromatic rings. The molecule has 2 atom stereocenters. The van der Waals surface area contributed by atoms with Crippen molar-refractivity contribution in [3.63, 3.8) is 0 Å². The quantitative estimate of drug-likeness (QED) is 0.749. The molecule has 0 aliphatic carbocycles. The Morgan fingerprint density at radius 3 is 2.75 bits per heavy atom. The average Bonchev–Trinajstić information content (AvgIpc) is 2.57. The second kappa shape index (κ2) is 5.28. The molecule has 0 aliphatic heterocycles. The summed E-state index contributed by atoms with van der Waals surface area (Å²) < 4.78 is 1.30. The lowest BCUT2D eigenvalue weighted by atomic mass is 10.0. The Hall–Kier alpha value is -0.410. The fourth-order valence-electron chi connectivity index (χ4n) is 1.94. The number of halogens is 1. The van der Waals surface area contributed by atoms with Crippen LogP contribution in [0.15, 0.2) is 24.3 Å². The van der Waals surface area contributed by atoms with Crippen LogP contribution in [-0.2, 0) is 6.42 Å². The monoisotopic (exact) mass is 297 g/mol. The minimum atomic E-state index is 0.594. The molecule has 1 heterocycles. The summed E-state index contributed by atoms with van der Waals surface area (Å²) >= 11 is 5.43. The van der Waals surface area contributed by atoms with Crippen LogP contribution >= 0.6 is 27.3 Å². The van der Waals surface area contributed by atoms with E-state index in [1.165, 1.54) is 16.1 Å². The highest BCUT2D eigenvalue weighted by atomic mass is 79.9. The van der Waals surface area contributed by atoms with Crippen LogP contribution < -0.4 is 0 Å². The van der Waals surface area contributed by atoms with Crippen molar-refractivity contribution < 1.29 is 0 Å². The van der Waals surface area contributed by atoms with Crippen molar-refractivity contribution >= 4 is 37.5 Å². The molecule has 16 heavy (non-hydrogen) atoms. The molecule has 2 unspecified atom stereocenters. The Morgan fingerprint density at radius 1 is 1.31 bits per heavy atom. The van der Waals surface area contributed by atoms with E-state index in [1.54, 1.807) is 0 Å². The summed E-state index contributed by atoms with van der Waals surface area (Å²) in [5, 5.41) is 1.27. The zero-order valence-corrected chi connectivity index (χ0v) is 12.0. The first-order valence-corrected chi connectivity index (χ1v) is 7.37. The van der Waals surface area contributed by atoms with Gasteiger partial charge in [-0.3, -0.25) is 0 Å². The molecule has 0 amide bonds. The van der Waals surface area contributed by atoms with Crippen molar-refractivity contribution in [2.75, 3.05) is 0 Å². The van der Waals surface area contributed by atoms with Gasteiger partial charge in [-0.1, -0.05) is 41.9 Å². The number of aromatic nitrogens is 1. The molecule has 1 aromatic heterocycles. The van der Waals surface area contributed by atoms with Gasteiger partial charge in [0.05, 0.1) is 15.2 Å². The third kappa shape index (κ3) is 3.05. The second-order valence-electron chi connectivity index (χ2n) is 4.40. The number of nitrogens with zero attached hydrogens (tertiary/aromatic N) is 1. The lowest BCUT2D eigenvalue weighted by molar-refractivity contribution is 0.532. The predicted octanol–water partition coefficient (Wildman–Crippen LogP) is 4.65. The lowest BCUT2D eigenvalue weighted by Gasteiger charge is -2.10. The highest BCUT2D eigenvalue weighted by Crippen LogP contribution is 2.25. The van der Waals surface area contributed by atoms with E-state index in [4.69, 9.17) is 0 Å². The van der Waals surface area contributed by atoms with Crippen molar-refractivity contribution in [3.05, 3.63) is 29.3 Å². The first-order valence-electron chi connectivity index (χ1n) is 5.63. The minimum absolute atomic E-state index is 0.594. The van der Waals surface area contributed by atoms with Crippen molar-refractivity contribution in [1.82, 2.24) is 4.98 Å². The third-order valence-electron chi connectivity index (χ3n) is 2.59. The Bertz CT molecular complexity index is 431. The molecule has 0 bridgehead atoms. The van der Waals surface area contributed by atoms with E-state index >= 15 is 0 Å². The summed E-state index contributed by atoms with van der Waals surface area (Å²) in [6, 6.07) is 8.37. The normalized spacial score (nSPS) is 15.2. The topological polar surface area (TPSA) is 12.9 Å². The van der Waals surface area contributed by atoms with Gasteiger partial charge in [-0.15, -0.1) is 11.3 Å². The van der Waals surface area contributed by atoms with Crippen LogP contribution in [0.5, 0.6) is 0 Å². The zero-order valence-electron chi connectivity index (χ0n) is 9.61. The van der Waals surface area contributed by atoms with Crippen LogP contribution in [0, 0.1) is 5.92 Å². The molecule has 0 saturated heterocycles. The van der Waals surface area contributed by atoms with Crippen LogP contribution in [0.4, 0.5) is 0 Å². The number of hydrogen-bond donors (Lipinski definition) is 0. The Morgan fingerprint density at radius 2 is 2.06 bits per heavy atom. The first kappa shape index (κ1) is 12.1. The standard InChI is InChI=1S/C13H16BrNS/c1-9(7-10(2)14)8-13-15-11-5-3-4-6-12(11)16-13/h3-6,9-10H,7-8H2,1-2H3. The summed E-state index contributed by atoms with van der Waals surface area (Å²) in [7, 11) is 0. The van der Waals surface area contributed by atoms with Gasteiger partial charge in [0, 0.05) is 11.2 Å². The molecule has 3 heteroatoms. The molecule has 0 saturated carbocycles. The maximum atomic E-state index is 4.66. The van der Waals surface area contributed by atoms with E-state index in [0.717, 1.165) is 11.9 Å². The van der Waals surface area contributed by atoms with E-state index < -0.39 is 0 Å². The van der Waals surface area contributed by atoms with Gasteiger partial charge in [0.2, 0.25) is 0 Å². The lowest BCUT2D eigenvalue weighted by Crippen LogP contribution is -2.04. The summed E-state index contributed by atoms with van der Waals surface area (Å²) in [6.07, 6.45) is 2.30. The largest absolute Gasteiger partial charge is 0.241 e. The fourth-order valence-corrected chi connectivity index (χ4v) is 3.71. The maximum Gasteiger partial charge on any atom is 0.0941 e. The van der Waals surface area contributed by atoms with E-state index in [9.17, 15) is 0 Å². The summed E-state index contributed by atoms with van der Waals surface area (Å²) in [5.41, 5.74) is 1.14. The van der Waals surface area contributed by atoms with Crippen LogP contribution in [0.2, 0.25) is 0 Å². The number of fused-ring (bicyclic) bond motifs is 1. The summed E-state index contributed by atoms with van der Waals surface area (Å²) in [6.45, 7) is 4.50. The molecule has 1 aromatic carbocycles. The van der Waals surface area contributed by atoms with Crippen LogP contribution in [-0.4, -0.2) is 9.81 Å². The Labute approximate surface area is 109 Å². The number of thiazole rings is 1. The third-order valence-corrected chi connectivity index (χ3v) is 4.02. The molecule has 2 rings (SSSR count). The first-order chi connectivity index (χ1) is 7.65. The molecule has 0 N–H and O–H groups in total. The van der Waals surface area contributed by atoms with Crippen LogP contribution in [0.25, 0.3) is 10.2 Å². The van der Waals surface area contributed by atoms with Crippen LogP contribution in [0.3, 0.4) is 0 Å². The van der Waals surface area contributed by atoms with Crippen molar-refractivity contribution in [2.45, 2.75) is 31.5 Å². The summed E-state index contributed by atoms with van der Waals surface area (Å²) in [5.74, 6) is 0.690. The Kier molecular flexibility index (Phi) is 3.98. The number of rotatable bonds is 4. The smallest absolute Gasteiger partial charge is 0.0941 e. The second-order valence-corrected chi connectivity index (χ2v) is 7.08. The molecule has 0 radical (unpaired) electrons. The highest BCUT2D eigenvalue weighted by Gasteiger charge is 2.10. The van der Waals surface area contributed by atoms with E-state index in [1.807, 2.05) is 11.3 Å². The Balaban J connectivity index is 2.09. The number of benzene rings is 1. The van der Waals surface area contributed by atoms with Gasteiger partial charge in [-0.25, -0.2) is 4.98 Å². The minimum Gasteiger partial charge on any atom is -0.241 e. The number of alkyl halides is 1. The molecular weight excluding hydrogens is 282 g/mol. The highest BCUT2D eigenvalue weighted by molar-refractivity contribution is 9.09. The zero-order chi connectivity index (χ0) is 11.5. The average molecular weight is 298 g/mol. The molecule has 0 spiro atoms. The van der Waals surface area contributed by atoms with E-state index in [0.29, 0.717) is 10.7 Å². The van der Waals surface area contributed by atoms with Gasteiger partial charge >= 0.3 is 0 Å². The van der Waals surface area contributed by atoms with Gasteiger partial charge in [-0.05, 0) is 24.5 Å². The molecule has 0 aliphatic rings. The van der Waals surface area contributed by atoms with E-state index in [2.05, 4.69) is 59.0 Å². The SMILES string of the molecule is CC(Br)CC(C)Cc1nc2ccccc2s1. The van der Waals surface area contributed by atoms with Crippen LogP contribution in [0.1, 0.15) is 25.3 Å². The van der Waals surface area contributed by atoms with Gasteiger partial charge in [-0.2, -0.15) is 0 Å². The van der Waals surface area contributed by atoms with Gasteiger partial charge < -0.3 is 0 Å². The fraction of sp³-hybridized carbons (Fsp3) is 0.462. The molecular formula is C13H16BrNS. The predicted molar refractivity (Wildman–Crippen MR) is 75.5 cm³/mol. The maximum absolute atomic E-state index is 4.66.